The van der Waals surface area contributed by atoms with Gasteiger partial charge in [-0.3, -0.25) is 4.79 Å². The third kappa shape index (κ3) is 4.30. The van der Waals surface area contributed by atoms with Gasteiger partial charge in [-0.2, -0.15) is 9.97 Å². The van der Waals surface area contributed by atoms with Crippen LogP contribution in [0.1, 0.15) is 17.3 Å². The first-order chi connectivity index (χ1) is 13.4. The van der Waals surface area contributed by atoms with Gasteiger partial charge >= 0.3 is 0 Å². The minimum Gasteiger partial charge on any atom is -0.444 e. The number of carbonyl (C=O) groups excluding carboxylic acids is 1. The molecule has 0 bridgehead atoms. The number of carbonyl (C=O) groups is 1. The normalized spacial score (nSPS) is 16.5. The summed E-state index contributed by atoms with van der Waals surface area (Å²) >= 11 is 0. The van der Waals surface area contributed by atoms with Crippen LogP contribution in [0.4, 0.5) is 11.8 Å². The van der Waals surface area contributed by atoms with E-state index in [9.17, 15) is 15.0 Å². The van der Waals surface area contributed by atoms with E-state index in [1.54, 1.807) is 29.2 Å². The van der Waals surface area contributed by atoms with E-state index in [0.717, 1.165) is 0 Å². The Kier molecular flexibility index (Phi) is 5.93. The predicted octanol–water partition coefficient (Wildman–Crippen LogP) is -0.142. The topological polar surface area (TPSA) is 157 Å². The summed E-state index contributed by atoms with van der Waals surface area (Å²) in [5, 5.41) is 19.3. The van der Waals surface area contributed by atoms with Crippen molar-refractivity contribution >= 4 is 17.7 Å². The van der Waals surface area contributed by atoms with Gasteiger partial charge in [-0.05, 0) is 24.6 Å². The molecule has 10 nitrogen and oxygen atoms in total. The summed E-state index contributed by atoms with van der Waals surface area (Å²) in [5.74, 6) is -0.233. The van der Waals surface area contributed by atoms with Crippen molar-refractivity contribution in [2.45, 2.75) is 19.3 Å². The molecular weight excluding hydrogens is 366 g/mol. The maximum atomic E-state index is 12.6. The van der Waals surface area contributed by atoms with Crippen LogP contribution in [0.2, 0.25) is 0 Å². The number of hydrogen-bond donors (Lipinski definition) is 4. The maximum absolute atomic E-state index is 12.6. The highest BCUT2D eigenvalue weighted by Gasteiger charge is 2.22. The molecule has 2 heterocycles. The molecule has 1 aliphatic heterocycles. The largest absolute Gasteiger partial charge is 0.444 e. The zero-order valence-corrected chi connectivity index (χ0v) is 15.4. The van der Waals surface area contributed by atoms with Crippen molar-refractivity contribution in [1.82, 2.24) is 14.9 Å². The Balaban J connectivity index is 1.89. The van der Waals surface area contributed by atoms with Gasteiger partial charge in [0.15, 0.2) is 0 Å². The number of nitrogens with zero attached hydrogens (tertiary/aromatic N) is 3. The summed E-state index contributed by atoms with van der Waals surface area (Å²) < 4.78 is 10.6. The summed E-state index contributed by atoms with van der Waals surface area (Å²) in [4.78, 5) is 22.2. The van der Waals surface area contributed by atoms with Gasteiger partial charge in [-0.15, -0.1) is 0 Å². The minimum absolute atomic E-state index is 0.0487. The first-order valence-corrected chi connectivity index (χ1v) is 8.80. The molecule has 0 spiro atoms. The van der Waals surface area contributed by atoms with Crippen LogP contribution >= 0.6 is 0 Å². The van der Waals surface area contributed by atoms with E-state index in [0.29, 0.717) is 43.0 Å². The van der Waals surface area contributed by atoms with Crippen molar-refractivity contribution < 1.29 is 24.5 Å². The summed E-state index contributed by atoms with van der Waals surface area (Å²) in [6.07, 6.45) is -2.67. The Labute approximate surface area is 161 Å². The van der Waals surface area contributed by atoms with Crippen LogP contribution in [0.3, 0.4) is 0 Å². The average molecular weight is 389 g/mol. The number of benzene rings is 1. The zero-order chi connectivity index (χ0) is 20.3. The van der Waals surface area contributed by atoms with E-state index in [1.807, 2.05) is 0 Å². The molecule has 28 heavy (non-hydrogen) atoms. The maximum Gasteiger partial charge on any atom is 0.254 e. The lowest BCUT2D eigenvalue weighted by molar-refractivity contribution is -0.0976. The fraction of sp³-hybridized carbons (Fsp3) is 0.389. The molecule has 1 aromatic carbocycles. The molecule has 0 aliphatic carbocycles. The van der Waals surface area contributed by atoms with Crippen molar-refractivity contribution in [3.63, 3.8) is 0 Å². The van der Waals surface area contributed by atoms with Crippen LogP contribution in [0, 0.1) is 0 Å². The number of aromatic nitrogens is 2. The van der Waals surface area contributed by atoms with E-state index in [1.165, 1.54) is 6.92 Å². The van der Waals surface area contributed by atoms with Crippen molar-refractivity contribution in [3.8, 4) is 17.0 Å². The highest BCUT2D eigenvalue weighted by Crippen LogP contribution is 2.34. The second kappa shape index (κ2) is 8.38. The van der Waals surface area contributed by atoms with Crippen LogP contribution in [-0.2, 0) is 4.74 Å². The van der Waals surface area contributed by atoms with Gasteiger partial charge in [-0.1, -0.05) is 12.1 Å². The smallest absolute Gasteiger partial charge is 0.254 e. The standard InChI is InChI=1S/C18H23N5O5/c1-10(24)17(26)28-15-13(14(19)21-18(20)22-15)11-2-4-12(5-3-11)16(25)23-6-8-27-9-7-23/h2-5,10,17,24,26H,6-9H2,1H3,(H4,19,20,21,22)/t10-,17-/m1/s1. The molecule has 0 saturated carbocycles. The molecule has 0 radical (unpaired) electrons. The van der Waals surface area contributed by atoms with Crippen molar-refractivity contribution in [1.29, 1.82) is 0 Å². The number of ether oxygens (including phenoxy) is 2. The minimum atomic E-state index is -1.52. The third-order valence-corrected chi connectivity index (χ3v) is 4.28. The fourth-order valence-electron chi connectivity index (χ4n) is 2.77. The highest BCUT2D eigenvalue weighted by atomic mass is 16.6. The predicted molar refractivity (Wildman–Crippen MR) is 101 cm³/mol. The summed E-state index contributed by atoms with van der Waals surface area (Å²) in [6.45, 7) is 3.51. The SMILES string of the molecule is C[C@@H](O)[C@H](O)Oc1nc(N)nc(N)c1-c1ccc(C(=O)N2CCOCC2)cc1. The highest BCUT2D eigenvalue weighted by molar-refractivity contribution is 5.95. The van der Waals surface area contributed by atoms with E-state index >= 15 is 0 Å². The molecule has 2 aromatic rings. The number of nitrogens with two attached hydrogens (primary N) is 2. The number of rotatable bonds is 5. The van der Waals surface area contributed by atoms with Gasteiger partial charge in [0.2, 0.25) is 18.1 Å². The molecule has 6 N–H and O–H groups in total. The summed E-state index contributed by atoms with van der Waals surface area (Å²) in [5.41, 5.74) is 13.0. The molecule has 3 rings (SSSR count). The van der Waals surface area contributed by atoms with Gasteiger partial charge in [-0.25, -0.2) is 0 Å². The van der Waals surface area contributed by atoms with Gasteiger partial charge < -0.3 is 36.1 Å². The average Bonchev–Trinajstić information content (AvgIpc) is 2.68. The zero-order valence-electron chi connectivity index (χ0n) is 15.4. The molecule has 10 heteroatoms. The number of nitrogen functional groups attached to an aromatic ring is 2. The van der Waals surface area contributed by atoms with Crippen molar-refractivity contribution in [2.75, 3.05) is 37.8 Å². The van der Waals surface area contributed by atoms with Crippen LogP contribution in [-0.4, -0.2) is 69.7 Å². The molecule has 2 atom stereocenters. The molecule has 1 saturated heterocycles. The summed E-state index contributed by atoms with van der Waals surface area (Å²) in [6, 6.07) is 6.69. The van der Waals surface area contributed by atoms with E-state index in [-0.39, 0.29) is 23.6 Å². The van der Waals surface area contributed by atoms with Crippen molar-refractivity contribution in [2.24, 2.45) is 0 Å². The lowest BCUT2D eigenvalue weighted by Gasteiger charge is -2.27. The van der Waals surface area contributed by atoms with Crippen LogP contribution in [0.5, 0.6) is 5.88 Å². The molecule has 150 valence electrons. The Morgan fingerprint density at radius 3 is 2.43 bits per heavy atom. The molecule has 1 aliphatic rings. The van der Waals surface area contributed by atoms with Crippen LogP contribution in [0.25, 0.3) is 11.1 Å². The first kappa shape index (κ1) is 19.8. The number of aliphatic hydroxyl groups is 2. The molecule has 1 amide bonds. The number of aliphatic hydroxyl groups excluding tert-OH is 2. The second-order valence-corrected chi connectivity index (χ2v) is 6.38. The van der Waals surface area contributed by atoms with Crippen molar-refractivity contribution in [3.05, 3.63) is 29.8 Å². The third-order valence-electron chi connectivity index (χ3n) is 4.28. The Hall–Kier alpha value is -2.95. The van der Waals surface area contributed by atoms with Crippen LogP contribution in [0.15, 0.2) is 24.3 Å². The lowest BCUT2D eigenvalue weighted by atomic mass is 10.0. The van der Waals surface area contributed by atoms with Gasteiger partial charge in [0.05, 0.1) is 18.8 Å². The number of morpholine rings is 1. The second-order valence-electron chi connectivity index (χ2n) is 6.38. The van der Waals surface area contributed by atoms with E-state index < -0.39 is 12.4 Å². The van der Waals surface area contributed by atoms with Gasteiger partial charge in [0.25, 0.3) is 5.91 Å². The number of amides is 1. The summed E-state index contributed by atoms with van der Waals surface area (Å²) in [7, 11) is 0. The quantitative estimate of drug-likeness (QED) is 0.511. The Morgan fingerprint density at radius 1 is 1.18 bits per heavy atom. The Bertz CT molecular complexity index is 837. The molecule has 1 fully saturated rings. The van der Waals surface area contributed by atoms with E-state index in [4.69, 9.17) is 20.9 Å². The molecular formula is C18H23N5O5. The van der Waals surface area contributed by atoms with E-state index in [2.05, 4.69) is 9.97 Å². The van der Waals surface area contributed by atoms with Gasteiger partial charge in [0, 0.05) is 18.7 Å². The number of anilines is 2. The molecule has 0 unspecified atom stereocenters. The van der Waals surface area contributed by atoms with Crippen LogP contribution < -0.4 is 16.2 Å². The fourth-order valence-corrected chi connectivity index (χ4v) is 2.77. The monoisotopic (exact) mass is 389 g/mol. The Morgan fingerprint density at radius 2 is 1.82 bits per heavy atom. The molecule has 1 aromatic heterocycles. The lowest BCUT2D eigenvalue weighted by Crippen LogP contribution is -2.40. The van der Waals surface area contributed by atoms with Gasteiger partial charge in [0.1, 0.15) is 11.9 Å². The first-order valence-electron chi connectivity index (χ1n) is 8.80. The number of hydrogen-bond acceptors (Lipinski definition) is 9.